The van der Waals surface area contributed by atoms with E-state index in [2.05, 4.69) is 15.3 Å². The number of halogens is 1. The van der Waals surface area contributed by atoms with Gasteiger partial charge in [-0.25, -0.2) is 13.1 Å². The third-order valence-corrected chi connectivity index (χ3v) is 4.12. The molecule has 0 aliphatic rings. The zero-order valence-electron chi connectivity index (χ0n) is 10.9. The Morgan fingerprint density at radius 3 is 2.48 bits per heavy atom. The van der Waals surface area contributed by atoms with E-state index in [9.17, 15) is 8.42 Å². The summed E-state index contributed by atoms with van der Waals surface area (Å²) in [7, 11) is 2.89. The highest BCUT2D eigenvalue weighted by Crippen LogP contribution is 2.21. The Morgan fingerprint density at radius 2 is 1.86 bits per heavy atom. The van der Waals surface area contributed by atoms with Crippen LogP contribution in [-0.2, 0) is 16.1 Å². The zero-order chi connectivity index (χ0) is 15.0. The molecule has 3 rings (SSSR count). The van der Waals surface area contributed by atoms with Gasteiger partial charge in [0.25, 0.3) is 14.2 Å². The monoisotopic (exact) mass is 323 g/mol. The Hall–Kier alpha value is -2.19. The average molecular weight is 324 g/mol. The molecule has 0 atom stereocenters. The first-order valence-corrected chi connectivity index (χ1v) is 8.22. The third kappa shape index (κ3) is 2.55. The highest BCUT2D eigenvalue weighted by molar-refractivity contribution is 8.13. The van der Waals surface area contributed by atoms with Crippen LogP contribution in [0, 0.1) is 0 Å². The maximum absolute atomic E-state index is 11.3. The predicted octanol–water partition coefficient (Wildman–Crippen LogP) is 1.60. The summed E-state index contributed by atoms with van der Waals surface area (Å²) < 4.78 is 25.7. The van der Waals surface area contributed by atoms with E-state index in [0.29, 0.717) is 11.4 Å². The smallest absolute Gasteiger partial charge is 0.296 e. The average Bonchev–Trinajstić information content (AvgIpc) is 3.05. The Labute approximate surface area is 125 Å². The first kappa shape index (κ1) is 13.8. The van der Waals surface area contributed by atoms with Crippen molar-refractivity contribution in [3.05, 3.63) is 42.7 Å². The van der Waals surface area contributed by atoms with Crippen LogP contribution in [0.15, 0.2) is 47.9 Å². The molecule has 0 unspecified atom stereocenters. The van der Waals surface area contributed by atoms with Crippen LogP contribution in [0.2, 0.25) is 0 Å². The number of para-hydroxylation sites is 1. The van der Waals surface area contributed by atoms with Crippen LogP contribution < -0.4 is 0 Å². The van der Waals surface area contributed by atoms with E-state index >= 15 is 0 Å². The first-order valence-electron chi connectivity index (χ1n) is 5.91. The lowest BCUT2D eigenvalue weighted by atomic mass is 10.3. The lowest BCUT2D eigenvalue weighted by Crippen LogP contribution is -2.02. The summed E-state index contributed by atoms with van der Waals surface area (Å²) in [6.07, 6.45) is 3.33. The molecule has 0 N–H and O–H groups in total. The Morgan fingerprint density at radius 1 is 1.14 bits per heavy atom. The van der Waals surface area contributed by atoms with Crippen LogP contribution in [0.25, 0.3) is 17.1 Å². The maximum atomic E-state index is 11.3. The minimum atomic E-state index is -3.93. The number of hydrogen-bond acceptors (Lipinski definition) is 5. The molecule has 0 aliphatic carbocycles. The topological polar surface area (TPSA) is 82.7 Å². The van der Waals surface area contributed by atoms with Crippen molar-refractivity contribution in [2.24, 2.45) is 7.05 Å². The second-order valence-corrected chi connectivity index (χ2v) is 6.77. The summed E-state index contributed by atoms with van der Waals surface area (Å²) in [5, 5.41) is 11.4. The molecule has 1 aromatic carbocycles. The molecule has 0 aliphatic heterocycles. The second-order valence-electron chi connectivity index (χ2n) is 4.31. The van der Waals surface area contributed by atoms with Gasteiger partial charge in [-0.05, 0) is 12.1 Å². The minimum Gasteiger partial charge on any atom is -0.300 e. The van der Waals surface area contributed by atoms with E-state index in [0.717, 1.165) is 5.69 Å². The van der Waals surface area contributed by atoms with Crippen molar-refractivity contribution in [1.82, 2.24) is 24.5 Å². The maximum Gasteiger partial charge on any atom is 0.296 e. The van der Waals surface area contributed by atoms with Crippen LogP contribution in [-0.4, -0.2) is 33.0 Å². The van der Waals surface area contributed by atoms with E-state index in [1.807, 2.05) is 30.3 Å². The van der Waals surface area contributed by atoms with Gasteiger partial charge in [0.15, 0.2) is 5.82 Å². The van der Waals surface area contributed by atoms with Gasteiger partial charge in [0.2, 0.25) is 0 Å². The molecule has 0 saturated carbocycles. The van der Waals surface area contributed by atoms with Crippen molar-refractivity contribution in [3.63, 3.8) is 0 Å². The molecule has 108 valence electrons. The van der Waals surface area contributed by atoms with Crippen LogP contribution in [0.5, 0.6) is 0 Å². The molecular formula is C12H10ClN5O2S. The molecule has 0 fully saturated rings. The fourth-order valence-electron chi connectivity index (χ4n) is 1.94. The summed E-state index contributed by atoms with van der Waals surface area (Å²) in [5.41, 5.74) is 1.52. The predicted molar refractivity (Wildman–Crippen MR) is 76.6 cm³/mol. The number of hydrogen-bond donors (Lipinski definition) is 0. The largest absolute Gasteiger partial charge is 0.300 e. The molecular weight excluding hydrogens is 314 g/mol. The molecule has 7 nitrogen and oxygen atoms in total. The third-order valence-electron chi connectivity index (χ3n) is 2.91. The van der Waals surface area contributed by atoms with Gasteiger partial charge in [0.05, 0.1) is 17.4 Å². The number of nitrogens with zero attached hydrogens (tertiary/aromatic N) is 5. The van der Waals surface area contributed by atoms with Crippen LogP contribution in [0.1, 0.15) is 0 Å². The molecule has 0 saturated heterocycles. The van der Waals surface area contributed by atoms with Gasteiger partial charge in [-0.1, -0.05) is 18.2 Å². The molecule has 0 radical (unpaired) electrons. The van der Waals surface area contributed by atoms with Gasteiger partial charge in [-0.2, -0.15) is 5.10 Å². The second kappa shape index (κ2) is 4.97. The first-order chi connectivity index (χ1) is 9.97. The van der Waals surface area contributed by atoms with E-state index in [4.69, 9.17) is 10.7 Å². The molecule has 0 amide bonds. The van der Waals surface area contributed by atoms with E-state index in [1.54, 1.807) is 17.1 Å². The van der Waals surface area contributed by atoms with Crippen molar-refractivity contribution in [2.75, 3.05) is 0 Å². The van der Waals surface area contributed by atoms with E-state index < -0.39 is 9.05 Å². The van der Waals surface area contributed by atoms with Gasteiger partial charge < -0.3 is 0 Å². The molecule has 9 heteroatoms. The lowest BCUT2D eigenvalue weighted by Gasteiger charge is -2.00. The molecule has 2 heterocycles. The minimum absolute atomic E-state index is 0.299. The summed E-state index contributed by atoms with van der Waals surface area (Å²) in [5.74, 6) is 0.372. The number of aromatic nitrogens is 5. The highest BCUT2D eigenvalue weighted by Gasteiger charge is 2.21. The Kier molecular flexibility index (Phi) is 3.26. The standard InChI is InChI=1S/C12H10ClN5O2S/c1-17-11(15-16-12(17)21(13,19)20)9-7-14-18(8-9)10-5-3-2-4-6-10/h2-8H,1H3. The van der Waals surface area contributed by atoms with Gasteiger partial charge in [0.1, 0.15) is 0 Å². The fourth-order valence-corrected chi connectivity index (χ4v) is 2.89. The van der Waals surface area contributed by atoms with Gasteiger partial charge in [0, 0.05) is 23.9 Å². The molecule has 2 aromatic heterocycles. The van der Waals surface area contributed by atoms with E-state index in [-0.39, 0.29) is 5.16 Å². The fraction of sp³-hybridized carbons (Fsp3) is 0.0833. The Balaban J connectivity index is 2.04. The van der Waals surface area contributed by atoms with Crippen molar-refractivity contribution >= 4 is 19.7 Å². The highest BCUT2D eigenvalue weighted by atomic mass is 35.7. The molecule has 0 spiro atoms. The van der Waals surface area contributed by atoms with Crippen LogP contribution in [0.3, 0.4) is 0 Å². The zero-order valence-corrected chi connectivity index (χ0v) is 12.5. The van der Waals surface area contributed by atoms with E-state index in [1.165, 1.54) is 11.6 Å². The van der Waals surface area contributed by atoms with Crippen LogP contribution in [0.4, 0.5) is 0 Å². The van der Waals surface area contributed by atoms with Crippen molar-refractivity contribution in [1.29, 1.82) is 0 Å². The molecule has 3 aromatic rings. The SMILES string of the molecule is Cn1c(-c2cnn(-c3ccccc3)c2)nnc1S(=O)(=O)Cl. The number of benzene rings is 1. The van der Waals surface area contributed by atoms with Crippen molar-refractivity contribution in [2.45, 2.75) is 5.16 Å². The summed E-state index contributed by atoms with van der Waals surface area (Å²) in [6.45, 7) is 0. The molecule has 21 heavy (non-hydrogen) atoms. The van der Waals surface area contributed by atoms with Gasteiger partial charge >= 0.3 is 0 Å². The summed E-state index contributed by atoms with van der Waals surface area (Å²) in [6, 6.07) is 9.52. The Bertz CT molecular complexity index is 886. The van der Waals surface area contributed by atoms with Gasteiger partial charge in [-0.3, -0.25) is 4.57 Å². The quantitative estimate of drug-likeness (QED) is 0.684. The van der Waals surface area contributed by atoms with Crippen molar-refractivity contribution in [3.8, 4) is 17.1 Å². The lowest BCUT2D eigenvalue weighted by molar-refractivity contribution is 0.593. The number of rotatable bonds is 3. The summed E-state index contributed by atoms with van der Waals surface area (Å²) in [4.78, 5) is 0. The van der Waals surface area contributed by atoms with Gasteiger partial charge in [-0.15, -0.1) is 10.2 Å². The van der Waals surface area contributed by atoms with Crippen molar-refractivity contribution < 1.29 is 8.42 Å². The summed E-state index contributed by atoms with van der Waals surface area (Å²) >= 11 is 0. The van der Waals surface area contributed by atoms with Crippen LogP contribution >= 0.6 is 10.7 Å². The normalized spacial score (nSPS) is 11.7. The molecule has 0 bridgehead atoms.